The number of benzene rings is 1. The third-order valence-corrected chi connectivity index (χ3v) is 5.68. The highest BCUT2D eigenvalue weighted by molar-refractivity contribution is 7.89. The SMILES string of the molecule is COc1ccccc1-n1cc(S(=O)(=O)N2CCNC(C)C2)cn1. The zero-order chi connectivity index (χ0) is 16.4. The van der Waals surface area contributed by atoms with E-state index in [9.17, 15) is 8.42 Å². The van der Waals surface area contributed by atoms with Crippen LogP contribution in [-0.4, -0.2) is 55.3 Å². The van der Waals surface area contributed by atoms with E-state index in [-0.39, 0.29) is 10.9 Å². The molecule has 1 aromatic heterocycles. The molecule has 1 N–H and O–H groups in total. The third-order valence-electron chi connectivity index (χ3n) is 3.86. The van der Waals surface area contributed by atoms with Crippen LogP contribution in [0.5, 0.6) is 5.75 Å². The van der Waals surface area contributed by atoms with Crippen LogP contribution in [0.2, 0.25) is 0 Å². The molecule has 1 atom stereocenters. The second-order valence-electron chi connectivity index (χ2n) is 5.51. The van der Waals surface area contributed by atoms with E-state index in [2.05, 4.69) is 10.4 Å². The van der Waals surface area contributed by atoms with Crippen molar-refractivity contribution >= 4 is 10.0 Å². The molecule has 0 radical (unpaired) electrons. The van der Waals surface area contributed by atoms with Crippen molar-refractivity contribution in [2.45, 2.75) is 17.9 Å². The van der Waals surface area contributed by atoms with Gasteiger partial charge >= 0.3 is 0 Å². The van der Waals surface area contributed by atoms with Crippen molar-refractivity contribution in [3.05, 3.63) is 36.7 Å². The van der Waals surface area contributed by atoms with Gasteiger partial charge in [0.2, 0.25) is 10.0 Å². The standard InChI is InChI=1S/C15H20N4O3S/c1-12-10-18(8-7-16-12)23(20,21)13-9-17-19(11-13)14-5-3-4-6-15(14)22-2/h3-6,9,11-12,16H,7-8,10H2,1-2H3. The maximum atomic E-state index is 12.7. The van der Waals surface area contributed by atoms with Crippen LogP contribution in [0.15, 0.2) is 41.6 Å². The highest BCUT2D eigenvalue weighted by atomic mass is 32.2. The molecule has 0 aliphatic carbocycles. The van der Waals surface area contributed by atoms with Crippen molar-refractivity contribution in [2.24, 2.45) is 0 Å². The Labute approximate surface area is 135 Å². The van der Waals surface area contributed by atoms with E-state index in [4.69, 9.17) is 4.74 Å². The molecule has 124 valence electrons. The lowest BCUT2D eigenvalue weighted by atomic mass is 10.3. The van der Waals surface area contributed by atoms with E-state index < -0.39 is 10.0 Å². The summed E-state index contributed by atoms with van der Waals surface area (Å²) in [4.78, 5) is 0.192. The Morgan fingerprint density at radius 2 is 2.13 bits per heavy atom. The molecule has 1 aliphatic heterocycles. The lowest BCUT2D eigenvalue weighted by Gasteiger charge is -2.30. The molecule has 23 heavy (non-hydrogen) atoms. The monoisotopic (exact) mass is 336 g/mol. The summed E-state index contributed by atoms with van der Waals surface area (Å²) in [5.41, 5.74) is 0.699. The molecular formula is C15H20N4O3S. The lowest BCUT2D eigenvalue weighted by molar-refractivity contribution is 0.310. The molecule has 1 aliphatic rings. The first-order valence-electron chi connectivity index (χ1n) is 7.44. The molecule has 2 aromatic rings. The van der Waals surface area contributed by atoms with Gasteiger partial charge in [-0.05, 0) is 19.1 Å². The lowest BCUT2D eigenvalue weighted by Crippen LogP contribution is -2.51. The van der Waals surface area contributed by atoms with Gasteiger partial charge in [-0.2, -0.15) is 9.40 Å². The molecule has 0 saturated carbocycles. The van der Waals surface area contributed by atoms with Crippen LogP contribution in [0.25, 0.3) is 5.69 Å². The van der Waals surface area contributed by atoms with Gasteiger partial charge < -0.3 is 10.1 Å². The Hall–Kier alpha value is -1.90. The minimum Gasteiger partial charge on any atom is -0.494 e. The first kappa shape index (κ1) is 16.0. The van der Waals surface area contributed by atoms with Gasteiger partial charge in [0.15, 0.2) is 0 Å². The summed E-state index contributed by atoms with van der Waals surface area (Å²) in [7, 11) is -1.96. The first-order valence-corrected chi connectivity index (χ1v) is 8.88. The van der Waals surface area contributed by atoms with E-state index in [1.54, 1.807) is 7.11 Å². The summed E-state index contributed by atoms with van der Waals surface area (Å²) in [6, 6.07) is 7.48. The number of para-hydroxylation sites is 2. The van der Waals surface area contributed by atoms with Gasteiger partial charge in [-0.15, -0.1) is 0 Å². The Kier molecular flexibility index (Phi) is 4.38. The van der Waals surface area contributed by atoms with Gasteiger partial charge in [0, 0.05) is 25.7 Å². The molecule has 7 nitrogen and oxygen atoms in total. The molecule has 1 saturated heterocycles. The van der Waals surface area contributed by atoms with E-state index in [0.29, 0.717) is 31.1 Å². The average molecular weight is 336 g/mol. The maximum Gasteiger partial charge on any atom is 0.246 e. The number of piperazine rings is 1. The second kappa shape index (κ2) is 6.31. The molecule has 0 bridgehead atoms. The van der Waals surface area contributed by atoms with Crippen LogP contribution >= 0.6 is 0 Å². The Balaban J connectivity index is 1.92. The van der Waals surface area contributed by atoms with Crippen LogP contribution in [-0.2, 0) is 10.0 Å². The normalized spacial score (nSPS) is 19.7. The van der Waals surface area contributed by atoms with Crippen molar-refractivity contribution in [1.82, 2.24) is 19.4 Å². The number of nitrogens with one attached hydrogen (secondary N) is 1. The van der Waals surface area contributed by atoms with Gasteiger partial charge in [-0.3, -0.25) is 0 Å². The smallest absolute Gasteiger partial charge is 0.246 e. The minimum absolute atomic E-state index is 0.141. The summed E-state index contributed by atoms with van der Waals surface area (Å²) in [6.45, 7) is 3.55. The van der Waals surface area contributed by atoms with Gasteiger partial charge in [0.05, 0.1) is 19.5 Å². The van der Waals surface area contributed by atoms with Crippen LogP contribution in [0.1, 0.15) is 6.92 Å². The van der Waals surface area contributed by atoms with Crippen LogP contribution in [0.3, 0.4) is 0 Å². The van der Waals surface area contributed by atoms with Crippen molar-refractivity contribution in [3.8, 4) is 11.4 Å². The van der Waals surface area contributed by atoms with E-state index in [0.717, 1.165) is 0 Å². The summed E-state index contributed by atoms with van der Waals surface area (Å²) < 4.78 is 33.8. The third kappa shape index (κ3) is 3.10. The molecular weight excluding hydrogens is 316 g/mol. The zero-order valence-electron chi connectivity index (χ0n) is 13.1. The Morgan fingerprint density at radius 3 is 2.87 bits per heavy atom. The van der Waals surface area contributed by atoms with Crippen molar-refractivity contribution < 1.29 is 13.2 Å². The zero-order valence-corrected chi connectivity index (χ0v) is 14.0. The molecule has 1 aromatic carbocycles. The van der Waals surface area contributed by atoms with Crippen LogP contribution in [0, 0.1) is 0 Å². The maximum absolute atomic E-state index is 12.7. The van der Waals surface area contributed by atoms with Gasteiger partial charge in [0.25, 0.3) is 0 Å². The number of rotatable bonds is 4. The molecule has 0 spiro atoms. The van der Waals surface area contributed by atoms with Crippen molar-refractivity contribution in [1.29, 1.82) is 0 Å². The molecule has 1 unspecified atom stereocenters. The largest absolute Gasteiger partial charge is 0.494 e. The predicted molar refractivity (Wildman–Crippen MR) is 86.3 cm³/mol. The molecule has 0 amide bonds. The van der Waals surface area contributed by atoms with E-state index in [1.807, 2.05) is 31.2 Å². The number of aromatic nitrogens is 2. The number of hydrogen-bond acceptors (Lipinski definition) is 5. The Morgan fingerprint density at radius 1 is 1.35 bits per heavy atom. The number of ether oxygens (including phenoxy) is 1. The predicted octanol–water partition coefficient (Wildman–Crippen LogP) is 0.863. The van der Waals surface area contributed by atoms with Crippen molar-refractivity contribution in [2.75, 3.05) is 26.7 Å². The average Bonchev–Trinajstić information content (AvgIpc) is 3.05. The number of hydrogen-bond donors (Lipinski definition) is 1. The van der Waals surface area contributed by atoms with E-state index >= 15 is 0 Å². The molecule has 1 fully saturated rings. The summed E-state index contributed by atoms with van der Waals surface area (Å²) >= 11 is 0. The van der Waals surface area contributed by atoms with Crippen LogP contribution in [0.4, 0.5) is 0 Å². The number of sulfonamides is 1. The van der Waals surface area contributed by atoms with E-state index in [1.165, 1.54) is 21.4 Å². The Bertz CT molecular complexity index is 788. The quantitative estimate of drug-likeness (QED) is 0.896. The highest BCUT2D eigenvalue weighted by Crippen LogP contribution is 2.24. The van der Waals surface area contributed by atoms with Gasteiger partial charge in [-0.25, -0.2) is 13.1 Å². The molecule has 8 heteroatoms. The number of methoxy groups -OCH3 is 1. The second-order valence-corrected chi connectivity index (χ2v) is 7.45. The van der Waals surface area contributed by atoms with Crippen LogP contribution < -0.4 is 10.1 Å². The fourth-order valence-electron chi connectivity index (χ4n) is 2.65. The fraction of sp³-hybridized carbons (Fsp3) is 0.400. The molecule has 2 heterocycles. The topological polar surface area (TPSA) is 76.5 Å². The summed E-state index contributed by atoms with van der Waals surface area (Å²) in [6.07, 6.45) is 2.91. The minimum atomic E-state index is -3.53. The van der Waals surface area contributed by atoms with Gasteiger partial charge in [-0.1, -0.05) is 12.1 Å². The van der Waals surface area contributed by atoms with Gasteiger partial charge in [0.1, 0.15) is 16.3 Å². The summed E-state index contributed by atoms with van der Waals surface area (Å²) in [5, 5.41) is 7.43. The first-order chi connectivity index (χ1) is 11.0. The summed E-state index contributed by atoms with van der Waals surface area (Å²) in [5.74, 6) is 0.635. The highest BCUT2D eigenvalue weighted by Gasteiger charge is 2.29. The fourth-order valence-corrected chi connectivity index (χ4v) is 4.12. The number of nitrogens with zero attached hydrogens (tertiary/aromatic N) is 3. The molecule has 3 rings (SSSR count). The van der Waals surface area contributed by atoms with Crippen molar-refractivity contribution in [3.63, 3.8) is 0 Å².